The molecule has 2 aromatic rings. The van der Waals surface area contributed by atoms with Gasteiger partial charge in [-0.1, -0.05) is 54.5 Å². The molecular formula is C14H16Cl2N2S2. The Morgan fingerprint density at radius 1 is 1.35 bits per heavy atom. The molecule has 0 aliphatic carbocycles. The SMILES string of the molecule is CNc1nc(C(C)C)c(SCc2ccc(Cl)cc2Cl)s1. The molecule has 6 heteroatoms. The molecule has 1 aromatic heterocycles. The van der Waals surface area contributed by atoms with E-state index >= 15 is 0 Å². The fourth-order valence-corrected chi connectivity index (χ4v) is 4.65. The van der Waals surface area contributed by atoms with Gasteiger partial charge >= 0.3 is 0 Å². The molecule has 0 saturated carbocycles. The average molecular weight is 347 g/mol. The van der Waals surface area contributed by atoms with Gasteiger partial charge in [0.1, 0.15) is 0 Å². The largest absolute Gasteiger partial charge is 0.365 e. The zero-order chi connectivity index (χ0) is 14.7. The summed E-state index contributed by atoms with van der Waals surface area (Å²) in [6.45, 7) is 4.32. The molecule has 2 nitrogen and oxygen atoms in total. The van der Waals surface area contributed by atoms with Crippen LogP contribution in [0, 0.1) is 0 Å². The molecule has 0 amide bonds. The molecule has 1 aromatic carbocycles. The number of benzene rings is 1. The van der Waals surface area contributed by atoms with Crippen LogP contribution in [-0.2, 0) is 5.75 Å². The summed E-state index contributed by atoms with van der Waals surface area (Å²) in [5, 5.41) is 5.45. The van der Waals surface area contributed by atoms with Gasteiger partial charge in [0.2, 0.25) is 0 Å². The molecule has 0 fully saturated rings. The first-order valence-electron chi connectivity index (χ1n) is 6.26. The molecule has 20 heavy (non-hydrogen) atoms. The molecule has 108 valence electrons. The Hall–Kier alpha value is -0.420. The first-order chi connectivity index (χ1) is 9.51. The van der Waals surface area contributed by atoms with Gasteiger partial charge in [-0.05, 0) is 23.6 Å². The van der Waals surface area contributed by atoms with Crippen molar-refractivity contribution < 1.29 is 0 Å². The monoisotopic (exact) mass is 346 g/mol. The predicted molar refractivity (Wildman–Crippen MR) is 91.8 cm³/mol. The number of nitrogens with one attached hydrogen (secondary N) is 1. The highest BCUT2D eigenvalue weighted by Gasteiger charge is 2.15. The Morgan fingerprint density at radius 2 is 2.10 bits per heavy atom. The van der Waals surface area contributed by atoms with Gasteiger partial charge in [-0.3, -0.25) is 0 Å². The molecule has 0 bridgehead atoms. The average Bonchev–Trinajstić information content (AvgIpc) is 2.81. The number of halogens is 2. The van der Waals surface area contributed by atoms with Crippen molar-refractivity contribution in [1.29, 1.82) is 0 Å². The highest BCUT2D eigenvalue weighted by atomic mass is 35.5. The summed E-state index contributed by atoms with van der Waals surface area (Å²) in [7, 11) is 1.90. The van der Waals surface area contributed by atoms with E-state index in [0.717, 1.165) is 27.2 Å². The van der Waals surface area contributed by atoms with Crippen LogP contribution in [0.2, 0.25) is 10.0 Å². The summed E-state index contributed by atoms with van der Waals surface area (Å²) in [4.78, 5) is 4.61. The molecule has 1 N–H and O–H groups in total. The van der Waals surface area contributed by atoms with E-state index in [-0.39, 0.29) is 0 Å². The van der Waals surface area contributed by atoms with E-state index in [1.54, 1.807) is 29.2 Å². The number of thioether (sulfide) groups is 1. The topological polar surface area (TPSA) is 24.9 Å². The third-order valence-electron chi connectivity index (χ3n) is 2.76. The Bertz CT molecular complexity index is 597. The maximum absolute atomic E-state index is 6.21. The Morgan fingerprint density at radius 3 is 2.70 bits per heavy atom. The van der Waals surface area contributed by atoms with Crippen molar-refractivity contribution in [2.45, 2.75) is 29.7 Å². The van der Waals surface area contributed by atoms with Crippen LogP contribution in [-0.4, -0.2) is 12.0 Å². The molecule has 0 unspecified atom stereocenters. The van der Waals surface area contributed by atoms with Crippen LogP contribution in [0.15, 0.2) is 22.4 Å². The van der Waals surface area contributed by atoms with Gasteiger partial charge in [-0.15, -0.1) is 11.8 Å². The van der Waals surface area contributed by atoms with Crippen molar-refractivity contribution in [3.63, 3.8) is 0 Å². The number of anilines is 1. The van der Waals surface area contributed by atoms with Crippen molar-refractivity contribution in [2.24, 2.45) is 0 Å². The van der Waals surface area contributed by atoms with Crippen LogP contribution in [0.1, 0.15) is 31.0 Å². The second-order valence-corrected chi connectivity index (χ2v) is 7.71. The van der Waals surface area contributed by atoms with Gasteiger partial charge < -0.3 is 5.32 Å². The number of hydrogen-bond acceptors (Lipinski definition) is 4. The lowest BCUT2D eigenvalue weighted by Crippen LogP contribution is -1.92. The maximum atomic E-state index is 6.21. The van der Waals surface area contributed by atoms with Gasteiger partial charge in [0.05, 0.1) is 9.90 Å². The summed E-state index contributed by atoms with van der Waals surface area (Å²) in [5.74, 6) is 1.23. The van der Waals surface area contributed by atoms with E-state index < -0.39 is 0 Å². The molecule has 0 spiro atoms. The van der Waals surface area contributed by atoms with Crippen LogP contribution in [0.4, 0.5) is 5.13 Å². The van der Waals surface area contributed by atoms with E-state index in [4.69, 9.17) is 23.2 Å². The predicted octanol–water partition coefficient (Wildman–Crippen LogP) is 5.91. The second-order valence-electron chi connectivity index (χ2n) is 4.62. The minimum Gasteiger partial charge on any atom is -0.365 e. The minimum absolute atomic E-state index is 0.413. The third-order valence-corrected chi connectivity index (χ3v) is 5.76. The van der Waals surface area contributed by atoms with E-state index in [9.17, 15) is 0 Å². The maximum Gasteiger partial charge on any atom is 0.183 e. The highest BCUT2D eigenvalue weighted by Crippen LogP contribution is 2.38. The van der Waals surface area contributed by atoms with E-state index in [1.807, 2.05) is 19.2 Å². The van der Waals surface area contributed by atoms with Gasteiger partial charge in [-0.2, -0.15) is 0 Å². The zero-order valence-electron chi connectivity index (χ0n) is 11.5. The molecule has 0 aliphatic heterocycles. The highest BCUT2D eigenvalue weighted by molar-refractivity contribution is 8.00. The van der Waals surface area contributed by atoms with Crippen LogP contribution in [0.3, 0.4) is 0 Å². The summed E-state index contributed by atoms with van der Waals surface area (Å²) in [6, 6.07) is 5.64. The van der Waals surface area contributed by atoms with Crippen molar-refractivity contribution in [3.05, 3.63) is 39.5 Å². The van der Waals surface area contributed by atoms with E-state index in [0.29, 0.717) is 10.9 Å². The van der Waals surface area contributed by atoms with Crippen molar-refractivity contribution in [2.75, 3.05) is 12.4 Å². The fraction of sp³-hybridized carbons (Fsp3) is 0.357. The number of aromatic nitrogens is 1. The molecule has 0 aliphatic rings. The first kappa shape index (κ1) is 16.0. The van der Waals surface area contributed by atoms with Crippen LogP contribution < -0.4 is 5.32 Å². The molecule has 2 rings (SSSR count). The Labute approximate surface area is 137 Å². The van der Waals surface area contributed by atoms with Crippen LogP contribution in [0.5, 0.6) is 0 Å². The summed E-state index contributed by atoms with van der Waals surface area (Å²) < 4.78 is 1.25. The van der Waals surface area contributed by atoms with Gasteiger partial charge in [-0.25, -0.2) is 4.98 Å². The van der Waals surface area contributed by atoms with E-state index in [2.05, 4.69) is 24.1 Å². The van der Waals surface area contributed by atoms with Crippen LogP contribution >= 0.6 is 46.3 Å². The lowest BCUT2D eigenvalue weighted by Gasteiger charge is -2.06. The molecule has 0 saturated heterocycles. The summed E-state index contributed by atoms with van der Waals surface area (Å²) >= 11 is 15.6. The summed E-state index contributed by atoms with van der Waals surface area (Å²) in [5.41, 5.74) is 2.24. The Balaban J connectivity index is 2.16. The first-order valence-corrected chi connectivity index (χ1v) is 8.82. The molecule has 0 atom stereocenters. The lowest BCUT2D eigenvalue weighted by atomic mass is 10.2. The third kappa shape index (κ3) is 3.82. The van der Waals surface area contributed by atoms with Gasteiger partial charge in [0, 0.05) is 22.8 Å². The van der Waals surface area contributed by atoms with Crippen molar-refractivity contribution in [3.8, 4) is 0 Å². The number of thiazole rings is 1. The standard InChI is InChI=1S/C14H16Cl2N2S2/c1-8(2)12-13(20-14(17-3)18-12)19-7-9-4-5-10(15)6-11(9)16/h4-6,8H,7H2,1-3H3,(H,17,18). The normalized spacial score (nSPS) is 11.1. The number of rotatable bonds is 5. The molecular weight excluding hydrogens is 331 g/mol. The lowest BCUT2D eigenvalue weighted by molar-refractivity contribution is 0.814. The Kier molecular flexibility index (Phi) is 5.61. The molecule has 1 heterocycles. The smallest absolute Gasteiger partial charge is 0.183 e. The van der Waals surface area contributed by atoms with Crippen molar-refractivity contribution in [1.82, 2.24) is 4.98 Å². The van der Waals surface area contributed by atoms with Gasteiger partial charge in [0.25, 0.3) is 0 Å². The van der Waals surface area contributed by atoms with Crippen LogP contribution in [0.25, 0.3) is 0 Å². The molecule has 0 radical (unpaired) electrons. The van der Waals surface area contributed by atoms with Gasteiger partial charge in [0.15, 0.2) is 5.13 Å². The minimum atomic E-state index is 0.413. The van der Waals surface area contributed by atoms with E-state index in [1.165, 1.54) is 4.21 Å². The number of nitrogens with zero attached hydrogens (tertiary/aromatic N) is 1. The zero-order valence-corrected chi connectivity index (χ0v) is 14.7. The fourth-order valence-electron chi connectivity index (χ4n) is 1.68. The number of hydrogen-bond donors (Lipinski definition) is 1. The van der Waals surface area contributed by atoms with Crippen molar-refractivity contribution >= 4 is 51.4 Å². The second kappa shape index (κ2) is 7.03. The summed E-state index contributed by atoms with van der Waals surface area (Å²) in [6.07, 6.45) is 0. The quantitative estimate of drug-likeness (QED) is 0.681.